The Labute approximate surface area is 88.2 Å². The fraction of sp³-hybridized carbons (Fsp3) is 0.455. The van der Waals surface area contributed by atoms with Gasteiger partial charge in [-0.1, -0.05) is 47.1 Å². The first-order valence-corrected chi connectivity index (χ1v) is 5.34. The van der Waals surface area contributed by atoms with Crippen molar-refractivity contribution in [3.8, 4) is 0 Å². The molecule has 0 heterocycles. The number of benzene rings is 1. The van der Waals surface area contributed by atoms with Crippen molar-refractivity contribution < 1.29 is 4.74 Å². The lowest BCUT2D eigenvalue weighted by atomic mass is 10.1. The molecule has 0 N–H and O–H groups in total. The molecule has 1 nitrogen and oxygen atoms in total. The minimum Gasteiger partial charge on any atom is -0.380 e. The molecule has 0 aliphatic heterocycles. The van der Waals surface area contributed by atoms with Gasteiger partial charge in [0.2, 0.25) is 0 Å². The van der Waals surface area contributed by atoms with Crippen LogP contribution in [0.4, 0.5) is 0 Å². The van der Waals surface area contributed by atoms with Crippen LogP contribution >= 0.6 is 15.9 Å². The Hall–Kier alpha value is -0.340. The summed E-state index contributed by atoms with van der Waals surface area (Å²) in [4.78, 5) is 0.542. The van der Waals surface area contributed by atoms with Crippen LogP contribution in [0.15, 0.2) is 24.3 Å². The molecule has 2 heteroatoms. The van der Waals surface area contributed by atoms with Crippen LogP contribution in [0.5, 0.6) is 0 Å². The van der Waals surface area contributed by atoms with Gasteiger partial charge < -0.3 is 4.74 Å². The molecule has 0 amide bonds. The van der Waals surface area contributed by atoms with E-state index in [4.69, 9.17) is 4.74 Å². The summed E-state index contributed by atoms with van der Waals surface area (Å²) < 4.78 is 5.04. The van der Waals surface area contributed by atoms with Crippen LogP contribution in [0, 0.1) is 0 Å². The Balaban J connectivity index is 2.59. The first-order valence-electron chi connectivity index (χ1n) is 4.43. The molecule has 0 saturated heterocycles. The quantitative estimate of drug-likeness (QED) is 0.738. The van der Waals surface area contributed by atoms with Crippen LogP contribution in [0.3, 0.4) is 0 Å². The largest absolute Gasteiger partial charge is 0.380 e. The van der Waals surface area contributed by atoms with Crippen LogP contribution in [0.1, 0.15) is 18.1 Å². The van der Waals surface area contributed by atoms with Crippen molar-refractivity contribution in [2.45, 2.75) is 24.8 Å². The lowest BCUT2D eigenvalue weighted by molar-refractivity contribution is 0.185. The molecule has 1 rings (SSSR count). The Morgan fingerprint density at radius 2 is 1.77 bits per heavy atom. The zero-order chi connectivity index (χ0) is 9.68. The fourth-order valence-corrected chi connectivity index (χ4v) is 1.64. The maximum Gasteiger partial charge on any atom is 0.0713 e. The molecule has 0 aliphatic rings. The van der Waals surface area contributed by atoms with E-state index in [-0.39, 0.29) is 0 Å². The molecule has 1 aromatic rings. The summed E-state index contributed by atoms with van der Waals surface area (Å²) in [6, 6.07) is 8.56. The van der Waals surface area contributed by atoms with Crippen LogP contribution in [-0.4, -0.2) is 11.9 Å². The number of hydrogen-bond donors (Lipinski definition) is 0. The van der Waals surface area contributed by atoms with Gasteiger partial charge in [0.1, 0.15) is 0 Å². The van der Waals surface area contributed by atoms with Gasteiger partial charge in [-0.15, -0.1) is 0 Å². The SMILES string of the molecule is COCc1ccc(CC(C)Br)cc1. The molecule has 1 aromatic carbocycles. The van der Waals surface area contributed by atoms with Gasteiger partial charge in [-0.2, -0.15) is 0 Å². The number of ether oxygens (including phenoxy) is 1. The molecule has 0 aliphatic carbocycles. The van der Waals surface area contributed by atoms with Gasteiger partial charge in [-0.25, -0.2) is 0 Å². The maximum atomic E-state index is 5.04. The highest BCUT2D eigenvalue weighted by Crippen LogP contribution is 2.11. The van der Waals surface area contributed by atoms with Crippen molar-refractivity contribution in [1.29, 1.82) is 0 Å². The molecule has 1 unspecified atom stereocenters. The third kappa shape index (κ3) is 3.92. The summed E-state index contributed by atoms with van der Waals surface area (Å²) in [6.07, 6.45) is 1.08. The Kier molecular flexibility index (Phi) is 4.46. The van der Waals surface area contributed by atoms with Crippen LogP contribution in [0.2, 0.25) is 0 Å². The lowest BCUT2D eigenvalue weighted by Gasteiger charge is -2.04. The van der Waals surface area contributed by atoms with E-state index in [1.54, 1.807) is 7.11 Å². The standard InChI is InChI=1S/C11H15BrO/c1-9(12)7-10-3-5-11(6-4-10)8-13-2/h3-6,9H,7-8H2,1-2H3. The molecule has 72 valence electrons. The lowest BCUT2D eigenvalue weighted by Crippen LogP contribution is -1.96. The van der Waals surface area contributed by atoms with Gasteiger partial charge in [0, 0.05) is 11.9 Å². The normalized spacial score (nSPS) is 12.8. The van der Waals surface area contributed by atoms with Crippen molar-refractivity contribution in [3.63, 3.8) is 0 Å². The average molecular weight is 243 g/mol. The first-order chi connectivity index (χ1) is 6.22. The third-order valence-electron chi connectivity index (χ3n) is 1.85. The molecule has 0 fully saturated rings. The Morgan fingerprint density at radius 3 is 2.23 bits per heavy atom. The zero-order valence-electron chi connectivity index (χ0n) is 8.09. The predicted octanol–water partition coefficient (Wildman–Crippen LogP) is 3.16. The molecule has 0 saturated carbocycles. The minimum atomic E-state index is 0.542. The molecule has 0 radical (unpaired) electrons. The average Bonchev–Trinajstić information content (AvgIpc) is 2.08. The predicted molar refractivity (Wildman–Crippen MR) is 59.2 cm³/mol. The molecular formula is C11H15BrO. The molecule has 0 bridgehead atoms. The summed E-state index contributed by atoms with van der Waals surface area (Å²) >= 11 is 3.54. The van der Waals surface area contributed by atoms with Gasteiger partial charge in [-0.05, 0) is 17.5 Å². The van der Waals surface area contributed by atoms with E-state index >= 15 is 0 Å². The smallest absolute Gasteiger partial charge is 0.0713 e. The summed E-state index contributed by atoms with van der Waals surface area (Å²) in [5, 5.41) is 0. The van der Waals surface area contributed by atoms with Gasteiger partial charge in [0.25, 0.3) is 0 Å². The van der Waals surface area contributed by atoms with E-state index in [1.165, 1.54) is 11.1 Å². The van der Waals surface area contributed by atoms with E-state index in [0.29, 0.717) is 11.4 Å². The van der Waals surface area contributed by atoms with Crippen molar-refractivity contribution in [2.24, 2.45) is 0 Å². The summed E-state index contributed by atoms with van der Waals surface area (Å²) in [5.41, 5.74) is 2.60. The van der Waals surface area contributed by atoms with Gasteiger partial charge >= 0.3 is 0 Å². The summed E-state index contributed by atoms with van der Waals surface area (Å²) in [5.74, 6) is 0. The Bertz CT molecular complexity index is 241. The highest BCUT2D eigenvalue weighted by molar-refractivity contribution is 9.09. The summed E-state index contributed by atoms with van der Waals surface area (Å²) in [6.45, 7) is 2.85. The number of halogens is 1. The minimum absolute atomic E-state index is 0.542. The Morgan fingerprint density at radius 1 is 1.23 bits per heavy atom. The number of methoxy groups -OCH3 is 1. The van der Waals surface area contributed by atoms with Crippen LogP contribution in [-0.2, 0) is 17.8 Å². The molecule has 0 spiro atoms. The van der Waals surface area contributed by atoms with Gasteiger partial charge in [0.05, 0.1) is 6.61 Å². The molecule has 0 aromatic heterocycles. The van der Waals surface area contributed by atoms with E-state index in [0.717, 1.165) is 6.42 Å². The van der Waals surface area contributed by atoms with E-state index in [1.807, 2.05) is 0 Å². The third-order valence-corrected chi connectivity index (χ3v) is 2.17. The topological polar surface area (TPSA) is 9.23 Å². The van der Waals surface area contributed by atoms with Crippen molar-refractivity contribution >= 4 is 15.9 Å². The van der Waals surface area contributed by atoms with E-state index in [9.17, 15) is 0 Å². The van der Waals surface area contributed by atoms with Crippen molar-refractivity contribution in [3.05, 3.63) is 35.4 Å². The second-order valence-corrected chi connectivity index (χ2v) is 4.80. The highest BCUT2D eigenvalue weighted by atomic mass is 79.9. The van der Waals surface area contributed by atoms with Crippen LogP contribution in [0.25, 0.3) is 0 Å². The fourth-order valence-electron chi connectivity index (χ4n) is 1.26. The van der Waals surface area contributed by atoms with E-state index < -0.39 is 0 Å². The zero-order valence-corrected chi connectivity index (χ0v) is 9.67. The molecular weight excluding hydrogens is 228 g/mol. The number of rotatable bonds is 4. The second kappa shape index (κ2) is 5.40. The van der Waals surface area contributed by atoms with Crippen molar-refractivity contribution in [1.82, 2.24) is 0 Å². The van der Waals surface area contributed by atoms with E-state index in [2.05, 4.69) is 47.1 Å². The first kappa shape index (κ1) is 10.7. The number of alkyl halides is 1. The van der Waals surface area contributed by atoms with Crippen molar-refractivity contribution in [2.75, 3.05) is 7.11 Å². The van der Waals surface area contributed by atoms with Crippen LogP contribution < -0.4 is 0 Å². The summed E-state index contributed by atoms with van der Waals surface area (Å²) in [7, 11) is 1.72. The second-order valence-electron chi connectivity index (χ2n) is 3.23. The molecule has 13 heavy (non-hydrogen) atoms. The van der Waals surface area contributed by atoms with Gasteiger partial charge in [0.15, 0.2) is 0 Å². The molecule has 1 atom stereocenters. The monoisotopic (exact) mass is 242 g/mol. The maximum absolute atomic E-state index is 5.04. The number of hydrogen-bond acceptors (Lipinski definition) is 1. The van der Waals surface area contributed by atoms with Gasteiger partial charge in [-0.3, -0.25) is 0 Å². The highest BCUT2D eigenvalue weighted by Gasteiger charge is 1.98.